The Morgan fingerprint density at radius 1 is 1.20 bits per heavy atom. The van der Waals surface area contributed by atoms with Crippen LogP contribution in [0.25, 0.3) is 0 Å². The molecule has 2 heteroatoms. The van der Waals surface area contributed by atoms with Gasteiger partial charge in [-0.2, -0.15) is 0 Å². The lowest BCUT2D eigenvalue weighted by Crippen LogP contribution is -2.46. The van der Waals surface area contributed by atoms with E-state index in [2.05, 4.69) is 76.1 Å². The summed E-state index contributed by atoms with van der Waals surface area (Å²) < 4.78 is 0. The zero-order valence-corrected chi connectivity index (χ0v) is 14.2. The second-order valence-corrected chi connectivity index (χ2v) is 6.82. The van der Waals surface area contributed by atoms with Crippen LogP contribution in [0, 0.1) is 12.3 Å². The molecule has 0 radical (unpaired) electrons. The normalized spacial score (nSPS) is 13.8. The summed E-state index contributed by atoms with van der Waals surface area (Å²) in [5.41, 5.74) is 2.99. The quantitative estimate of drug-likeness (QED) is 0.776. The number of nitrogens with one attached hydrogen (secondary N) is 1. The van der Waals surface area contributed by atoms with Gasteiger partial charge in [0.05, 0.1) is 0 Å². The van der Waals surface area contributed by atoms with E-state index in [1.807, 2.05) is 0 Å². The van der Waals surface area contributed by atoms with Crippen molar-refractivity contribution < 1.29 is 0 Å². The van der Waals surface area contributed by atoms with Gasteiger partial charge in [-0.15, -0.1) is 0 Å². The summed E-state index contributed by atoms with van der Waals surface area (Å²) in [7, 11) is 2.22. The van der Waals surface area contributed by atoms with Crippen LogP contribution in [-0.4, -0.2) is 31.1 Å². The Labute approximate surface area is 125 Å². The summed E-state index contributed by atoms with van der Waals surface area (Å²) >= 11 is 0. The molecule has 1 rings (SSSR count). The van der Waals surface area contributed by atoms with E-state index >= 15 is 0 Å². The molecule has 0 aliphatic rings. The van der Waals surface area contributed by atoms with Gasteiger partial charge in [-0.05, 0) is 44.8 Å². The second-order valence-electron chi connectivity index (χ2n) is 6.82. The van der Waals surface area contributed by atoms with Gasteiger partial charge in [-0.3, -0.25) is 0 Å². The molecular weight excluding hydrogens is 244 g/mol. The van der Waals surface area contributed by atoms with Gasteiger partial charge in [0, 0.05) is 19.1 Å². The summed E-state index contributed by atoms with van der Waals surface area (Å²) in [6, 6.07) is 9.39. The summed E-state index contributed by atoms with van der Waals surface area (Å²) in [5, 5.41) is 3.62. The molecule has 1 aromatic carbocycles. The molecule has 1 N–H and O–H groups in total. The van der Waals surface area contributed by atoms with Crippen LogP contribution in [0.3, 0.4) is 0 Å². The van der Waals surface area contributed by atoms with E-state index in [0.29, 0.717) is 6.04 Å². The van der Waals surface area contributed by atoms with Gasteiger partial charge in [0.15, 0.2) is 0 Å². The Bertz CT molecular complexity index is 381. The predicted octanol–water partition coefficient (Wildman–Crippen LogP) is 3.84. The van der Waals surface area contributed by atoms with Crippen LogP contribution in [0.4, 0.5) is 0 Å². The maximum Gasteiger partial charge on any atom is 0.0230 e. The third kappa shape index (κ3) is 5.64. The zero-order chi connectivity index (χ0) is 15.2. The van der Waals surface area contributed by atoms with E-state index in [1.54, 1.807) is 0 Å². The first-order chi connectivity index (χ1) is 9.35. The van der Waals surface area contributed by atoms with Crippen molar-refractivity contribution in [3.8, 4) is 0 Å². The monoisotopic (exact) mass is 276 g/mol. The molecule has 0 heterocycles. The van der Waals surface area contributed by atoms with Crippen molar-refractivity contribution in [2.45, 2.75) is 53.6 Å². The Hall–Kier alpha value is -0.860. The number of nitrogens with zero attached hydrogens (tertiary/aromatic N) is 1. The van der Waals surface area contributed by atoms with E-state index in [1.165, 1.54) is 17.5 Å². The largest absolute Gasteiger partial charge is 0.314 e. The first kappa shape index (κ1) is 17.2. The molecule has 0 aliphatic heterocycles. The third-order valence-electron chi connectivity index (χ3n) is 4.12. The molecule has 1 unspecified atom stereocenters. The SMILES string of the molecule is CCCNC(C)C(C)(C)CN(C)Cc1ccc(C)cc1. The highest BCUT2D eigenvalue weighted by Crippen LogP contribution is 2.22. The standard InChI is InChI=1S/C18H32N2/c1-7-12-19-16(3)18(4,5)14-20(6)13-17-10-8-15(2)9-11-17/h8-11,16,19H,7,12-14H2,1-6H3. The van der Waals surface area contributed by atoms with E-state index in [0.717, 1.165) is 19.6 Å². The molecule has 114 valence electrons. The average Bonchev–Trinajstić information content (AvgIpc) is 2.37. The fraction of sp³-hybridized carbons (Fsp3) is 0.667. The molecule has 0 amide bonds. The van der Waals surface area contributed by atoms with Crippen molar-refractivity contribution in [2.24, 2.45) is 5.41 Å². The Morgan fingerprint density at radius 2 is 1.80 bits per heavy atom. The highest BCUT2D eigenvalue weighted by Gasteiger charge is 2.26. The van der Waals surface area contributed by atoms with Crippen molar-refractivity contribution in [1.82, 2.24) is 10.2 Å². The highest BCUT2D eigenvalue weighted by molar-refractivity contribution is 5.21. The molecule has 2 nitrogen and oxygen atoms in total. The molecule has 1 atom stereocenters. The Kier molecular flexibility index (Phi) is 6.70. The minimum Gasteiger partial charge on any atom is -0.314 e. The Balaban J connectivity index is 2.51. The fourth-order valence-corrected chi connectivity index (χ4v) is 2.53. The smallest absolute Gasteiger partial charge is 0.0230 e. The van der Waals surface area contributed by atoms with Gasteiger partial charge in [0.2, 0.25) is 0 Å². The van der Waals surface area contributed by atoms with Crippen LogP contribution >= 0.6 is 0 Å². The molecule has 0 fully saturated rings. The first-order valence-electron chi connectivity index (χ1n) is 7.82. The number of rotatable bonds is 8. The summed E-state index contributed by atoms with van der Waals surface area (Å²) in [5.74, 6) is 0. The Morgan fingerprint density at radius 3 is 2.35 bits per heavy atom. The molecule has 0 aliphatic carbocycles. The summed E-state index contributed by atoms with van der Waals surface area (Å²) in [6.45, 7) is 14.6. The van der Waals surface area contributed by atoms with Crippen LogP contribution in [-0.2, 0) is 6.54 Å². The predicted molar refractivity (Wildman–Crippen MR) is 89.0 cm³/mol. The van der Waals surface area contributed by atoms with Crippen LogP contribution in [0.2, 0.25) is 0 Å². The number of benzene rings is 1. The van der Waals surface area contributed by atoms with E-state index in [-0.39, 0.29) is 5.41 Å². The van der Waals surface area contributed by atoms with Gasteiger partial charge in [-0.25, -0.2) is 0 Å². The van der Waals surface area contributed by atoms with Gasteiger partial charge >= 0.3 is 0 Å². The number of aryl methyl sites for hydroxylation is 1. The molecule has 20 heavy (non-hydrogen) atoms. The van der Waals surface area contributed by atoms with Crippen molar-refractivity contribution >= 4 is 0 Å². The van der Waals surface area contributed by atoms with E-state index in [4.69, 9.17) is 0 Å². The van der Waals surface area contributed by atoms with Crippen LogP contribution in [0.5, 0.6) is 0 Å². The number of hydrogen-bond donors (Lipinski definition) is 1. The lowest BCUT2D eigenvalue weighted by atomic mass is 9.84. The molecular formula is C18H32N2. The summed E-state index contributed by atoms with van der Waals surface area (Å²) in [4.78, 5) is 2.43. The molecule has 0 spiro atoms. The van der Waals surface area contributed by atoms with Crippen molar-refractivity contribution in [3.05, 3.63) is 35.4 Å². The molecule has 1 aromatic rings. The van der Waals surface area contributed by atoms with Crippen molar-refractivity contribution in [3.63, 3.8) is 0 Å². The molecule has 0 saturated heterocycles. The average molecular weight is 276 g/mol. The van der Waals surface area contributed by atoms with E-state index in [9.17, 15) is 0 Å². The van der Waals surface area contributed by atoms with Crippen LogP contribution in [0.15, 0.2) is 24.3 Å². The lowest BCUT2D eigenvalue weighted by Gasteiger charge is -2.36. The third-order valence-corrected chi connectivity index (χ3v) is 4.12. The highest BCUT2D eigenvalue weighted by atomic mass is 15.1. The van der Waals surface area contributed by atoms with Crippen molar-refractivity contribution in [1.29, 1.82) is 0 Å². The maximum absolute atomic E-state index is 3.62. The fourth-order valence-electron chi connectivity index (χ4n) is 2.53. The van der Waals surface area contributed by atoms with Crippen LogP contribution in [0.1, 0.15) is 45.2 Å². The lowest BCUT2D eigenvalue weighted by molar-refractivity contribution is 0.160. The second kappa shape index (κ2) is 7.80. The summed E-state index contributed by atoms with van der Waals surface area (Å²) in [6.07, 6.45) is 1.19. The molecule has 0 bridgehead atoms. The topological polar surface area (TPSA) is 15.3 Å². The van der Waals surface area contributed by atoms with Crippen LogP contribution < -0.4 is 5.32 Å². The van der Waals surface area contributed by atoms with Gasteiger partial charge in [0.1, 0.15) is 0 Å². The van der Waals surface area contributed by atoms with E-state index < -0.39 is 0 Å². The van der Waals surface area contributed by atoms with Gasteiger partial charge < -0.3 is 10.2 Å². The number of hydrogen-bond acceptors (Lipinski definition) is 2. The minimum atomic E-state index is 0.272. The maximum atomic E-state index is 3.62. The molecule has 0 saturated carbocycles. The molecule has 0 aromatic heterocycles. The zero-order valence-electron chi connectivity index (χ0n) is 14.2. The van der Waals surface area contributed by atoms with Gasteiger partial charge in [0.25, 0.3) is 0 Å². The minimum absolute atomic E-state index is 0.272. The first-order valence-corrected chi connectivity index (χ1v) is 7.82. The van der Waals surface area contributed by atoms with Crippen molar-refractivity contribution in [2.75, 3.05) is 20.1 Å². The van der Waals surface area contributed by atoms with Gasteiger partial charge in [-0.1, -0.05) is 50.6 Å².